The lowest BCUT2D eigenvalue weighted by Crippen LogP contribution is -2.43. The van der Waals surface area contributed by atoms with E-state index < -0.39 is 21.5 Å². The van der Waals surface area contributed by atoms with Gasteiger partial charge in [-0.15, -0.1) is 0 Å². The van der Waals surface area contributed by atoms with Gasteiger partial charge in [0.2, 0.25) is 0 Å². The van der Waals surface area contributed by atoms with Crippen LogP contribution in [0.5, 0.6) is 0 Å². The van der Waals surface area contributed by atoms with Gasteiger partial charge in [-0.3, -0.25) is 9.88 Å². The fourth-order valence-electron chi connectivity index (χ4n) is 5.23. The summed E-state index contributed by atoms with van der Waals surface area (Å²) in [6, 6.07) is 16.3. The first-order valence-electron chi connectivity index (χ1n) is 13.1. The maximum absolute atomic E-state index is 15.2. The molecule has 10 heteroatoms. The highest BCUT2D eigenvalue weighted by Crippen LogP contribution is 2.32. The summed E-state index contributed by atoms with van der Waals surface area (Å²) >= 11 is 0. The number of hydrogen-bond acceptors (Lipinski definition) is 7. The van der Waals surface area contributed by atoms with Crippen molar-refractivity contribution in [1.82, 2.24) is 20.2 Å². The van der Waals surface area contributed by atoms with Crippen molar-refractivity contribution < 1.29 is 17.2 Å². The predicted octanol–water partition coefficient (Wildman–Crippen LogP) is 3.88. The van der Waals surface area contributed by atoms with Crippen molar-refractivity contribution in [3.63, 3.8) is 0 Å². The molecule has 0 bridgehead atoms. The maximum atomic E-state index is 15.2. The first-order valence-corrected chi connectivity index (χ1v) is 14.9. The van der Waals surface area contributed by atoms with Crippen LogP contribution in [0.3, 0.4) is 0 Å². The number of hydrogen-bond donors (Lipinski definition) is 1. The van der Waals surface area contributed by atoms with Gasteiger partial charge in [-0.05, 0) is 35.9 Å². The Bertz CT molecular complexity index is 1600. The third-order valence-corrected chi connectivity index (χ3v) is 9.08. The first kappa shape index (κ1) is 25.8. The van der Waals surface area contributed by atoms with Gasteiger partial charge in [0, 0.05) is 68.2 Å². The maximum Gasteiger partial charge on any atom is 0.152 e. The molecule has 6 rings (SSSR count). The second kappa shape index (κ2) is 10.6. The molecular weight excluding hydrogens is 520 g/mol. The Labute approximate surface area is 226 Å². The van der Waals surface area contributed by atoms with Crippen LogP contribution in [0.15, 0.2) is 60.8 Å². The van der Waals surface area contributed by atoms with E-state index in [2.05, 4.69) is 27.3 Å². The van der Waals surface area contributed by atoms with Crippen LogP contribution in [0, 0.1) is 11.6 Å². The minimum absolute atomic E-state index is 0.00345. The average molecular weight is 550 g/mol. The molecule has 0 amide bonds. The van der Waals surface area contributed by atoms with Crippen LogP contribution in [0.1, 0.15) is 5.56 Å². The summed E-state index contributed by atoms with van der Waals surface area (Å²) in [5, 5.41) is 3.37. The minimum atomic E-state index is -3.07. The summed E-state index contributed by atoms with van der Waals surface area (Å²) in [6.07, 6.45) is 1.73. The SMILES string of the molecule is O=S1(=O)CCN(Cc2c(F)cc(-c3cccc4ncc(-c5cccc(N6CCNCC6)c5)nc34)cc2F)CC1. The molecule has 0 radical (unpaired) electrons. The molecule has 3 heterocycles. The highest BCUT2D eigenvalue weighted by Gasteiger charge is 2.24. The first-order chi connectivity index (χ1) is 18.9. The van der Waals surface area contributed by atoms with Crippen molar-refractivity contribution in [3.8, 4) is 22.4 Å². The highest BCUT2D eigenvalue weighted by atomic mass is 32.2. The molecule has 2 saturated heterocycles. The fourth-order valence-corrected chi connectivity index (χ4v) is 6.51. The number of benzene rings is 3. The lowest BCUT2D eigenvalue weighted by atomic mass is 10.0. The standard InChI is InChI=1S/C29H29F2N5O2S/c30-25-16-21(17-26(31)24(25)19-35-11-13-39(37,38)14-12-35)23-5-2-6-27-29(23)34-28(18-33-27)20-3-1-4-22(15-20)36-9-7-32-8-10-36/h1-6,15-18,32H,7-14,19H2. The molecule has 0 saturated carbocycles. The summed E-state index contributed by atoms with van der Waals surface area (Å²) in [5.74, 6) is -1.32. The normalized spacial score (nSPS) is 17.9. The van der Waals surface area contributed by atoms with Crippen molar-refractivity contribution >= 4 is 26.6 Å². The molecule has 1 N–H and O–H groups in total. The zero-order chi connectivity index (χ0) is 27.0. The second-order valence-electron chi connectivity index (χ2n) is 10.1. The van der Waals surface area contributed by atoms with Crippen molar-refractivity contribution in [2.45, 2.75) is 6.54 Å². The van der Waals surface area contributed by atoms with Crippen LogP contribution in [-0.2, 0) is 16.4 Å². The number of anilines is 1. The van der Waals surface area contributed by atoms with Gasteiger partial charge in [0.15, 0.2) is 9.84 Å². The summed E-state index contributed by atoms with van der Waals surface area (Å²) in [4.78, 5) is 13.6. The molecule has 2 fully saturated rings. The van der Waals surface area contributed by atoms with Crippen LogP contribution in [0.4, 0.5) is 14.5 Å². The Morgan fingerprint density at radius 1 is 0.872 bits per heavy atom. The smallest absolute Gasteiger partial charge is 0.152 e. The highest BCUT2D eigenvalue weighted by molar-refractivity contribution is 7.91. The molecule has 7 nitrogen and oxygen atoms in total. The van der Waals surface area contributed by atoms with E-state index >= 15 is 8.78 Å². The van der Waals surface area contributed by atoms with Crippen LogP contribution in [0.2, 0.25) is 0 Å². The molecule has 1 aromatic heterocycles. The van der Waals surface area contributed by atoms with Crippen molar-refractivity contribution in [2.75, 3.05) is 55.7 Å². The van der Waals surface area contributed by atoms with Gasteiger partial charge >= 0.3 is 0 Å². The quantitative estimate of drug-likeness (QED) is 0.405. The summed E-state index contributed by atoms with van der Waals surface area (Å²) in [7, 11) is -3.07. The molecule has 3 aromatic carbocycles. The van der Waals surface area contributed by atoms with Crippen molar-refractivity contribution in [3.05, 3.63) is 78.0 Å². The van der Waals surface area contributed by atoms with Crippen LogP contribution in [-0.4, -0.2) is 74.1 Å². The number of fused-ring (bicyclic) bond motifs is 1. The molecule has 0 atom stereocenters. The van der Waals surface area contributed by atoms with Gasteiger partial charge < -0.3 is 10.2 Å². The van der Waals surface area contributed by atoms with E-state index in [9.17, 15) is 8.42 Å². The zero-order valence-corrected chi connectivity index (χ0v) is 22.2. The van der Waals surface area contributed by atoms with Crippen molar-refractivity contribution in [2.24, 2.45) is 0 Å². The predicted molar refractivity (Wildman–Crippen MR) is 149 cm³/mol. The summed E-state index contributed by atoms with van der Waals surface area (Å²) < 4.78 is 53.9. The fraction of sp³-hybridized carbons (Fsp3) is 0.310. The van der Waals surface area contributed by atoms with Crippen LogP contribution < -0.4 is 10.2 Å². The van der Waals surface area contributed by atoms with Gasteiger partial charge in [0.1, 0.15) is 11.6 Å². The Kier molecular flexibility index (Phi) is 7.01. The number of nitrogens with zero attached hydrogens (tertiary/aromatic N) is 4. The zero-order valence-electron chi connectivity index (χ0n) is 21.4. The van der Waals surface area contributed by atoms with E-state index in [4.69, 9.17) is 4.98 Å². The Hall–Kier alpha value is -3.47. The molecule has 0 aliphatic carbocycles. The summed E-state index contributed by atoms with van der Waals surface area (Å²) in [6.45, 7) is 4.30. The number of para-hydroxylation sites is 1. The van der Waals surface area contributed by atoms with E-state index in [1.54, 1.807) is 23.2 Å². The molecule has 2 aliphatic heterocycles. The lowest BCUT2D eigenvalue weighted by Gasteiger charge is -2.29. The number of nitrogens with one attached hydrogen (secondary N) is 1. The Balaban J connectivity index is 1.32. The third kappa shape index (κ3) is 5.50. The van der Waals surface area contributed by atoms with E-state index in [1.165, 1.54) is 12.1 Å². The van der Waals surface area contributed by atoms with Crippen LogP contribution >= 0.6 is 0 Å². The second-order valence-corrected chi connectivity index (χ2v) is 12.4. The molecule has 2 aliphatic rings. The van der Waals surface area contributed by atoms with Gasteiger partial charge in [-0.1, -0.05) is 24.3 Å². The Morgan fingerprint density at radius 3 is 2.33 bits per heavy atom. The van der Waals surface area contributed by atoms with E-state index in [0.29, 0.717) is 27.9 Å². The number of rotatable bonds is 5. The lowest BCUT2D eigenvalue weighted by molar-refractivity contribution is 0.278. The molecule has 39 heavy (non-hydrogen) atoms. The van der Waals surface area contributed by atoms with Crippen LogP contribution in [0.25, 0.3) is 33.4 Å². The van der Waals surface area contributed by atoms with E-state index in [1.807, 2.05) is 18.2 Å². The van der Waals surface area contributed by atoms with Crippen molar-refractivity contribution in [1.29, 1.82) is 0 Å². The van der Waals surface area contributed by atoms with Gasteiger partial charge in [0.25, 0.3) is 0 Å². The number of piperazine rings is 1. The Morgan fingerprint density at radius 2 is 1.59 bits per heavy atom. The third-order valence-electron chi connectivity index (χ3n) is 7.47. The monoisotopic (exact) mass is 549 g/mol. The topological polar surface area (TPSA) is 78.4 Å². The van der Waals surface area contributed by atoms with Gasteiger partial charge in [-0.2, -0.15) is 0 Å². The summed E-state index contributed by atoms with van der Waals surface area (Å²) in [5.41, 5.74) is 4.83. The number of sulfone groups is 1. The molecule has 0 unspecified atom stereocenters. The molecular formula is C29H29F2N5O2S. The van der Waals surface area contributed by atoms with E-state index in [-0.39, 0.29) is 36.7 Å². The van der Waals surface area contributed by atoms with E-state index in [0.717, 1.165) is 37.4 Å². The number of halogens is 2. The molecule has 202 valence electrons. The van der Waals surface area contributed by atoms with Gasteiger partial charge in [-0.25, -0.2) is 22.2 Å². The molecule has 0 spiro atoms. The molecule has 4 aromatic rings. The van der Waals surface area contributed by atoms with Gasteiger partial charge in [0.05, 0.1) is 34.4 Å². The minimum Gasteiger partial charge on any atom is -0.369 e. The largest absolute Gasteiger partial charge is 0.369 e. The number of aromatic nitrogens is 2. The average Bonchev–Trinajstić information content (AvgIpc) is 2.95.